The minimum atomic E-state index is -3.73. The van der Waals surface area contributed by atoms with E-state index in [2.05, 4.69) is 5.10 Å². The zero-order valence-corrected chi connectivity index (χ0v) is 15.3. The number of rotatable bonds is 5. The number of sulfonamides is 1. The highest BCUT2D eigenvalue weighted by molar-refractivity contribution is 7.89. The van der Waals surface area contributed by atoms with Gasteiger partial charge in [0, 0.05) is 23.5 Å². The van der Waals surface area contributed by atoms with Crippen molar-refractivity contribution in [1.29, 1.82) is 0 Å². The molecule has 1 heterocycles. The third-order valence-electron chi connectivity index (χ3n) is 3.89. The van der Waals surface area contributed by atoms with Crippen molar-refractivity contribution in [2.75, 3.05) is 7.11 Å². The molecule has 7 heteroatoms. The Morgan fingerprint density at radius 3 is 2.19 bits per heavy atom. The molecular formula is C19H19N3O3S. The van der Waals surface area contributed by atoms with Crippen LogP contribution in [0.5, 0.6) is 5.75 Å². The van der Waals surface area contributed by atoms with Crippen LogP contribution >= 0.6 is 0 Å². The van der Waals surface area contributed by atoms with Crippen LogP contribution in [-0.4, -0.2) is 25.3 Å². The fourth-order valence-corrected chi connectivity index (χ4v) is 3.13. The molecule has 2 N–H and O–H groups in total. The number of aromatic nitrogens is 2. The Labute approximate surface area is 152 Å². The number of benzene rings is 2. The molecule has 0 aliphatic heterocycles. The number of primary sulfonamides is 1. The van der Waals surface area contributed by atoms with Crippen molar-refractivity contribution < 1.29 is 13.2 Å². The summed E-state index contributed by atoms with van der Waals surface area (Å²) < 4.78 is 29.8. The molecule has 0 radical (unpaired) electrons. The Kier molecular flexibility index (Phi) is 4.92. The number of nitrogens with two attached hydrogens (primary N) is 1. The monoisotopic (exact) mass is 369 g/mol. The van der Waals surface area contributed by atoms with Crippen LogP contribution in [0.25, 0.3) is 28.6 Å². The second-order valence-electron chi connectivity index (χ2n) is 5.65. The first-order valence-corrected chi connectivity index (χ1v) is 9.46. The minimum Gasteiger partial charge on any atom is -0.497 e. The zero-order chi connectivity index (χ0) is 18.7. The summed E-state index contributed by atoms with van der Waals surface area (Å²) in [5, 5.41) is 9.77. The molecule has 0 saturated carbocycles. The molecular weight excluding hydrogens is 350 g/mol. The standard InChI is InChI=1S/C19H19N3O3S/c1-3-12-22-13-18(14-4-8-16(25-2)9-5-14)19(21-22)15-6-10-17(11-7-15)26(20,23)24/h3-13H,1-2H3,(H2,20,23,24). The molecule has 1 aromatic heterocycles. The van der Waals surface area contributed by atoms with E-state index in [0.717, 1.165) is 28.1 Å². The lowest BCUT2D eigenvalue weighted by atomic mass is 10.0. The molecule has 0 unspecified atom stereocenters. The van der Waals surface area contributed by atoms with E-state index >= 15 is 0 Å². The van der Waals surface area contributed by atoms with Crippen LogP contribution in [0.15, 0.2) is 65.7 Å². The largest absolute Gasteiger partial charge is 0.497 e. The smallest absolute Gasteiger partial charge is 0.238 e. The van der Waals surface area contributed by atoms with Crippen molar-refractivity contribution in [2.45, 2.75) is 11.8 Å². The SMILES string of the molecule is CC=Cn1cc(-c2ccc(OC)cc2)c(-c2ccc(S(N)(=O)=O)cc2)n1. The van der Waals surface area contributed by atoms with E-state index in [1.807, 2.05) is 49.7 Å². The molecule has 26 heavy (non-hydrogen) atoms. The van der Waals surface area contributed by atoms with Crippen LogP contribution in [0.1, 0.15) is 6.92 Å². The third-order valence-corrected chi connectivity index (χ3v) is 4.82. The van der Waals surface area contributed by atoms with Gasteiger partial charge in [-0.3, -0.25) is 0 Å². The molecule has 0 aliphatic rings. The van der Waals surface area contributed by atoms with Crippen molar-refractivity contribution in [3.05, 3.63) is 60.8 Å². The Morgan fingerprint density at radius 1 is 1.04 bits per heavy atom. The van der Waals surface area contributed by atoms with Gasteiger partial charge in [-0.1, -0.05) is 30.3 Å². The van der Waals surface area contributed by atoms with Gasteiger partial charge in [0.25, 0.3) is 0 Å². The number of hydrogen-bond acceptors (Lipinski definition) is 4. The second-order valence-corrected chi connectivity index (χ2v) is 7.21. The summed E-state index contributed by atoms with van der Waals surface area (Å²) in [6, 6.07) is 14.1. The quantitative estimate of drug-likeness (QED) is 0.747. The van der Waals surface area contributed by atoms with Crippen molar-refractivity contribution >= 4 is 16.2 Å². The Morgan fingerprint density at radius 2 is 1.65 bits per heavy atom. The minimum absolute atomic E-state index is 0.0696. The highest BCUT2D eigenvalue weighted by Crippen LogP contribution is 2.32. The fraction of sp³-hybridized carbons (Fsp3) is 0.105. The Balaban J connectivity index is 2.10. The topological polar surface area (TPSA) is 87.2 Å². The molecule has 0 fully saturated rings. The van der Waals surface area contributed by atoms with Crippen LogP contribution in [0.2, 0.25) is 0 Å². The highest BCUT2D eigenvalue weighted by Gasteiger charge is 2.14. The number of allylic oxidation sites excluding steroid dienone is 1. The van der Waals surface area contributed by atoms with Crippen LogP contribution in [0.4, 0.5) is 0 Å². The van der Waals surface area contributed by atoms with Crippen molar-refractivity contribution in [3.63, 3.8) is 0 Å². The first kappa shape index (κ1) is 17.9. The van der Waals surface area contributed by atoms with Gasteiger partial charge in [0.05, 0.1) is 12.0 Å². The highest BCUT2D eigenvalue weighted by atomic mass is 32.2. The van der Waals surface area contributed by atoms with Gasteiger partial charge in [-0.05, 0) is 36.8 Å². The summed E-state index contributed by atoms with van der Waals surface area (Å²) in [6.07, 6.45) is 5.65. The van der Waals surface area contributed by atoms with Crippen LogP contribution in [-0.2, 0) is 10.0 Å². The average molecular weight is 369 g/mol. The van der Waals surface area contributed by atoms with E-state index in [9.17, 15) is 8.42 Å². The predicted octanol–water partition coefficient (Wildman–Crippen LogP) is 3.36. The molecule has 0 atom stereocenters. The maximum atomic E-state index is 11.5. The third kappa shape index (κ3) is 3.68. The second kappa shape index (κ2) is 7.15. The molecule has 134 valence electrons. The average Bonchev–Trinajstić information content (AvgIpc) is 3.05. The van der Waals surface area contributed by atoms with Crippen molar-refractivity contribution in [1.82, 2.24) is 9.78 Å². The first-order chi connectivity index (χ1) is 12.4. The molecule has 0 aliphatic carbocycles. The number of methoxy groups -OCH3 is 1. The molecule has 0 spiro atoms. The number of hydrogen-bond donors (Lipinski definition) is 1. The summed E-state index contributed by atoms with van der Waals surface area (Å²) in [6.45, 7) is 1.91. The summed E-state index contributed by atoms with van der Waals surface area (Å²) in [7, 11) is -2.10. The van der Waals surface area contributed by atoms with Crippen molar-refractivity contribution in [3.8, 4) is 28.1 Å². The van der Waals surface area contributed by atoms with Gasteiger partial charge in [0.2, 0.25) is 10.0 Å². The summed E-state index contributed by atoms with van der Waals surface area (Å²) in [4.78, 5) is 0.0696. The lowest BCUT2D eigenvalue weighted by Crippen LogP contribution is -2.11. The van der Waals surface area contributed by atoms with E-state index in [0.29, 0.717) is 0 Å². The lowest BCUT2D eigenvalue weighted by Gasteiger charge is -2.05. The van der Waals surface area contributed by atoms with Gasteiger partial charge in [-0.15, -0.1) is 0 Å². The first-order valence-electron chi connectivity index (χ1n) is 7.92. The van der Waals surface area contributed by atoms with Crippen molar-refractivity contribution in [2.24, 2.45) is 5.14 Å². The van der Waals surface area contributed by atoms with E-state index in [4.69, 9.17) is 9.88 Å². The molecule has 0 bridgehead atoms. The van der Waals surface area contributed by atoms with E-state index < -0.39 is 10.0 Å². The normalized spacial score (nSPS) is 11.8. The Hall–Kier alpha value is -2.90. The van der Waals surface area contributed by atoms with Gasteiger partial charge in [-0.2, -0.15) is 5.10 Å². The molecule has 2 aromatic carbocycles. The van der Waals surface area contributed by atoms with E-state index in [1.165, 1.54) is 12.1 Å². The van der Waals surface area contributed by atoms with Gasteiger partial charge in [-0.25, -0.2) is 18.2 Å². The maximum absolute atomic E-state index is 11.5. The maximum Gasteiger partial charge on any atom is 0.238 e. The zero-order valence-electron chi connectivity index (χ0n) is 14.5. The fourth-order valence-electron chi connectivity index (χ4n) is 2.62. The van der Waals surface area contributed by atoms with Gasteiger partial charge in [0.1, 0.15) is 11.4 Å². The van der Waals surface area contributed by atoms with Crippen LogP contribution < -0.4 is 9.88 Å². The summed E-state index contributed by atoms with van der Waals surface area (Å²) in [5.41, 5.74) is 3.45. The molecule has 0 amide bonds. The van der Waals surface area contributed by atoms with E-state index in [1.54, 1.807) is 23.9 Å². The molecule has 3 aromatic rings. The van der Waals surface area contributed by atoms with Gasteiger partial charge in [0.15, 0.2) is 0 Å². The lowest BCUT2D eigenvalue weighted by molar-refractivity contribution is 0.415. The number of ether oxygens (including phenoxy) is 1. The number of nitrogens with zero attached hydrogens (tertiary/aromatic N) is 2. The molecule has 0 saturated heterocycles. The molecule has 6 nitrogen and oxygen atoms in total. The summed E-state index contributed by atoms with van der Waals surface area (Å²) in [5.74, 6) is 0.772. The van der Waals surface area contributed by atoms with E-state index in [-0.39, 0.29) is 4.90 Å². The van der Waals surface area contributed by atoms with Gasteiger partial charge >= 0.3 is 0 Å². The summed E-state index contributed by atoms with van der Waals surface area (Å²) >= 11 is 0. The Bertz CT molecular complexity index is 1030. The van der Waals surface area contributed by atoms with Crippen LogP contribution in [0, 0.1) is 0 Å². The van der Waals surface area contributed by atoms with Gasteiger partial charge < -0.3 is 4.74 Å². The molecule has 3 rings (SSSR count). The van der Waals surface area contributed by atoms with Crippen LogP contribution in [0.3, 0.4) is 0 Å². The predicted molar refractivity (Wildman–Crippen MR) is 102 cm³/mol.